The molecule has 0 atom stereocenters. The van der Waals surface area contributed by atoms with E-state index in [1.54, 1.807) is 25.6 Å². The zero-order chi connectivity index (χ0) is 14.0. The number of nitrogens with zero attached hydrogens (tertiary/aromatic N) is 2. The number of hydrogen-bond donors (Lipinski definition) is 1. The van der Waals surface area contributed by atoms with Crippen molar-refractivity contribution in [1.29, 1.82) is 0 Å². The van der Waals surface area contributed by atoms with Gasteiger partial charge in [0.1, 0.15) is 12.4 Å². The highest BCUT2D eigenvalue weighted by Gasteiger charge is 2.03. The zero-order valence-electron chi connectivity index (χ0n) is 11.6. The Morgan fingerprint density at radius 3 is 2.70 bits per heavy atom. The summed E-state index contributed by atoms with van der Waals surface area (Å²) in [4.78, 5) is 8.28. The van der Waals surface area contributed by atoms with Gasteiger partial charge in [-0.1, -0.05) is 18.2 Å². The van der Waals surface area contributed by atoms with E-state index in [4.69, 9.17) is 9.47 Å². The average Bonchev–Trinajstić information content (AvgIpc) is 2.51. The quantitative estimate of drug-likeness (QED) is 0.743. The van der Waals surface area contributed by atoms with Crippen LogP contribution in [0.2, 0.25) is 0 Å². The van der Waals surface area contributed by atoms with Crippen LogP contribution in [0.15, 0.2) is 42.7 Å². The molecule has 5 nitrogen and oxygen atoms in total. The highest BCUT2D eigenvalue weighted by molar-refractivity contribution is 5.33. The van der Waals surface area contributed by atoms with Crippen molar-refractivity contribution >= 4 is 0 Å². The van der Waals surface area contributed by atoms with Crippen molar-refractivity contribution in [3.05, 3.63) is 54.1 Å². The molecule has 0 bridgehead atoms. The molecule has 0 fully saturated rings. The fourth-order valence-electron chi connectivity index (χ4n) is 1.73. The maximum atomic E-state index is 5.78. The molecule has 1 aromatic carbocycles. The Labute approximate surface area is 119 Å². The van der Waals surface area contributed by atoms with E-state index in [1.165, 1.54) is 0 Å². The lowest BCUT2D eigenvalue weighted by Crippen LogP contribution is -2.19. The molecule has 5 heteroatoms. The lowest BCUT2D eigenvalue weighted by atomic mass is 10.2. The second-order valence-corrected chi connectivity index (χ2v) is 4.23. The molecule has 106 valence electrons. The van der Waals surface area contributed by atoms with Crippen LogP contribution in [-0.4, -0.2) is 30.2 Å². The van der Waals surface area contributed by atoms with E-state index in [0.29, 0.717) is 19.0 Å². The highest BCUT2D eigenvalue weighted by atomic mass is 16.5. The van der Waals surface area contributed by atoms with E-state index in [0.717, 1.165) is 24.4 Å². The Kier molecular flexibility index (Phi) is 5.95. The van der Waals surface area contributed by atoms with Crippen molar-refractivity contribution < 1.29 is 9.47 Å². The molecule has 0 radical (unpaired) electrons. The van der Waals surface area contributed by atoms with E-state index in [2.05, 4.69) is 15.3 Å². The van der Waals surface area contributed by atoms with Gasteiger partial charge in [0, 0.05) is 38.2 Å². The number of para-hydroxylation sites is 1. The van der Waals surface area contributed by atoms with Gasteiger partial charge in [-0.25, -0.2) is 9.97 Å². The van der Waals surface area contributed by atoms with Crippen LogP contribution in [0.4, 0.5) is 0 Å². The molecule has 0 saturated heterocycles. The van der Waals surface area contributed by atoms with E-state index < -0.39 is 0 Å². The topological polar surface area (TPSA) is 56.3 Å². The van der Waals surface area contributed by atoms with Gasteiger partial charge in [-0.15, -0.1) is 0 Å². The van der Waals surface area contributed by atoms with Crippen LogP contribution in [0.25, 0.3) is 0 Å². The number of nitrogens with one attached hydrogen (secondary N) is 1. The molecule has 0 unspecified atom stereocenters. The van der Waals surface area contributed by atoms with Crippen molar-refractivity contribution in [3.63, 3.8) is 0 Å². The molecule has 20 heavy (non-hydrogen) atoms. The van der Waals surface area contributed by atoms with Gasteiger partial charge in [-0.2, -0.15) is 0 Å². The standard InChI is InChI=1S/C15H19N3O2/c1-19-10-9-16-11-13-5-2-3-6-14(13)20-12-15-17-7-4-8-18-15/h2-8,16H,9-12H2,1H3. The van der Waals surface area contributed by atoms with E-state index in [-0.39, 0.29) is 0 Å². The fraction of sp³-hybridized carbons (Fsp3) is 0.333. The number of ether oxygens (including phenoxy) is 2. The summed E-state index contributed by atoms with van der Waals surface area (Å²) in [6, 6.07) is 9.74. The largest absolute Gasteiger partial charge is 0.485 e. The summed E-state index contributed by atoms with van der Waals surface area (Å²) in [6.45, 7) is 2.62. The smallest absolute Gasteiger partial charge is 0.166 e. The molecular weight excluding hydrogens is 254 g/mol. The third kappa shape index (κ3) is 4.60. The van der Waals surface area contributed by atoms with Gasteiger partial charge in [-0.3, -0.25) is 0 Å². The minimum Gasteiger partial charge on any atom is -0.485 e. The molecule has 0 amide bonds. The number of benzene rings is 1. The molecule has 2 rings (SSSR count). The third-order valence-electron chi connectivity index (χ3n) is 2.75. The molecule has 2 aromatic rings. The fourth-order valence-corrected chi connectivity index (χ4v) is 1.73. The molecular formula is C15H19N3O2. The van der Waals surface area contributed by atoms with Gasteiger partial charge in [0.05, 0.1) is 6.61 Å². The first-order valence-corrected chi connectivity index (χ1v) is 6.56. The summed E-state index contributed by atoms with van der Waals surface area (Å²) in [5, 5.41) is 3.30. The van der Waals surface area contributed by atoms with E-state index >= 15 is 0 Å². The number of methoxy groups -OCH3 is 1. The van der Waals surface area contributed by atoms with Gasteiger partial charge in [0.2, 0.25) is 0 Å². The third-order valence-corrected chi connectivity index (χ3v) is 2.75. The monoisotopic (exact) mass is 273 g/mol. The van der Waals surface area contributed by atoms with Crippen LogP contribution in [0.5, 0.6) is 5.75 Å². The molecule has 0 aliphatic carbocycles. The van der Waals surface area contributed by atoms with Crippen LogP contribution in [0.1, 0.15) is 11.4 Å². The van der Waals surface area contributed by atoms with Crippen molar-refractivity contribution in [2.75, 3.05) is 20.3 Å². The second kappa shape index (κ2) is 8.24. The first kappa shape index (κ1) is 14.4. The first-order chi connectivity index (χ1) is 9.90. The van der Waals surface area contributed by atoms with Crippen molar-refractivity contribution in [1.82, 2.24) is 15.3 Å². The van der Waals surface area contributed by atoms with Crippen LogP contribution < -0.4 is 10.1 Å². The minimum absolute atomic E-state index is 0.371. The lowest BCUT2D eigenvalue weighted by Gasteiger charge is -2.11. The number of aromatic nitrogens is 2. The van der Waals surface area contributed by atoms with Gasteiger partial charge in [0.25, 0.3) is 0 Å². The van der Waals surface area contributed by atoms with Gasteiger partial charge < -0.3 is 14.8 Å². The predicted octanol–water partition coefficient (Wildman–Crippen LogP) is 1.79. The highest BCUT2D eigenvalue weighted by Crippen LogP contribution is 2.18. The Balaban J connectivity index is 1.90. The maximum absolute atomic E-state index is 5.78. The Bertz CT molecular complexity index is 505. The molecule has 1 heterocycles. The summed E-state index contributed by atoms with van der Waals surface area (Å²) < 4.78 is 10.8. The van der Waals surface area contributed by atoms with Crippen LogP contribution in [-0.2, 0) is 17.9 Å². The van der Waals surface area contributed by atoms with Crippen molar-refractivity contribution in [2.45, 2.75) is 13.2 Å². The number of rotatable bonds is 8. The van der Waals surface area contributed by atoms with E-state index in [1.807, 2.05) is 24.3 Å². The van der Waals surface area contributed by atoms with Crippen LogP contribution >= 0.6 is 0 Å². The molecule has 0 spiro atoms. The Morgan fingerprint density at radius 1 is 1.10 bits per heavy atom. The van der Waals surface area contributed by atoms with Gasteiger partial charge in [0.15, 0.2) is 5.82 Å². The minimum atomic E-state index is 0.371. The zero-order valence-corrected chi connectivity index (χ0v) is 11.6. The first-order valence-electron chi connectivity index (χ1n) is 6.56. The Hall–Kier alpha value is -1.98. The molecule has 0 saturated carbocycles. The van der Waals surface area contributed by atoms with Gasteiger partial charge >= 0.3 is 0 Å². The SMILES string of the molecule is COCCNCc1ccccc1OCc1ncccn1. The summed E-state index contributed by atoms with van der Waals surface area (Å²) in [5.41, 5.74) is 1.11. The maximum Gasteiger partial charge on any atom is 0.166 e. The normalized spacial score (nSPS) is 10.4. The average molecular weight is 273 g/mol. The summed E-state index contributed by atoms with van der Waals surface area (Å²) >= 11 is 0. The van der Waals surface area contributed by atoms with Crippen LogP contribution in [0.3, 0.4) is 0 Å². The summed E-state index contributed by atoms with van der Waals surface area (Å²) in [5.74, 6) is 1.53. The molecule has 1 N–H and O–H groups in total. The van der Waals surface area contributed by atoms with Crippen LogP contribution in [0, 0.1) is 0 Å². The summed E-state index contributed by atoms with van der Waals surface area (Å²) in [7, 11) is 1.69. The second-order valence-electron chi connectivity index (χ2n) is 4.23. The Morgan fingerprint density at radius 2 is 1.90 bits per heavy atom. The molecule has 1 aromatic heterocycles. The summed E-state index contributed by atoms with van der Waals surface area (Å²) in [6.07, 6.45) is 3.42. The predicted molar refractivity (Wildman–Crippen MR) is 76.4 cm³/mol. The van der Waals surface area contributed by atoms with Gasteiger partial charge in [-0.05, 0) is 12.1 Å². The molecule has 0 aliphatic heterocycles. The van der Waals surface area contributed by atoms with E-state index in [9.17, 15) is 0 Å². The lowest BCUT2D eigenvalue weighted by molar-refractivity contribution is 0.199. The molecule has 0 aliphatic rings. The number of hydrogen-bond acceptors (Lipinski definition) is 5. The van der Waals surface area contributed by atoms with Crippen molar-refractivity contribution in [2.24, 2.45) is 0 Å². The van der Waals surface area contributed by atoms with Crippen molar-refractivity contribution in [3.8, 4) is 5.75 Å².